The molecule has 0 fully saturated rings. The normalized spacial score (nSPS) is 13.5. The Morgan fingerprint density at radius 1 is 1.35 bits per heavy atom. The van der Waals surface area contributed by atoms with Gasteiger partial charge in [-0.05, 0) is 25.0 Å². The molecule has 1 unspecified atom stereocenters. The van der Waals surface area contributed by atoms with Crippen molar-refractivity contribution in [2.45, 2.75) is 30.8 Å². The summed E-state index contributed by atoms with van der Waals surface area (Å²) in [5, 5.41) is 9.51. The van der Waals surface area contributed by atoms with Crippen LogP contribution in [0.25, 0.3) is 0 Å². The standard InChI is InChI=1S/C10H13BrF3N3/c1-2-7(11)5-6-15-9-4-3-8(16-17-9)10(12,13)14/h3-4,7H,2,5-6H2,1H3,(H,15,17). The minimum absolute atomic E-state index is 0.355. The van der Waals surface area contributed by atoms with Crippen molar-refractivity contribution in [3.63, 3.8) is 0 Å². The lowest BCUT2D eigenvalue weighted by Gasteiger charge is -2.09. The van der Waals surface area contributed by atoms with E-state index in [9.17, 15) is 13.2 Å². The van der Waals surface area contributed by atoms with Crippen molar-refractivity contribution in [3.8, 4) is 0 Å². The largest absolute Gasteiger partial charge is 0.435 e. The number of anilines is 1. The Bertz CT molecular complexity index is 340. The summed E-state index contributed by atoms with van der Waals surface area (Å²) in [6.45, 7) is 2.70. The van der Waals surface area contributed by atoms with E-state index in [-0.39, 0.29) is 0 Å². The molecule has 96 valence electrons. The van der Waals surface area contributed by atoms with Gasteiger partial charge >= 0.3 is 6.18 Å². The van der Waals surface area contributed by atoms with Crippen LogP contribution in [0.3, 0.4) is 0 Å². The number of alkyl halides is 4. The van der Waals surface area contributed by atoms with Gasteiger partial charge in [-0.15, -0.1) is 10.2 Å². The molecule has 0 amide bonds. The lowest BCUT2D eigenvalue weighted by Crippen LogP contribution is -2.12. The molecule has 3 nitrogen and oxygen atoms in total. The first-order valence-electron chi connectivity index (χ1n) is 5.22. The molecule has 1 rings (SSSR count). The fraction of sp³-hybridized carbons (Fsp3) is 0.600. The Morgan fingerprint density at radius 3 is 2.53 bits per heavy atom. The molecule has 1 aromatic rings. The highest BCUT2D eigenvalue weighted by Crippen LogP contribution is 2.27. The average molecular weight is 312 g/mol. The SMILES string of the molecule is CCC(Br)CCNc1ccc(C(F)(F)F)nn1. The van der Waals surface area contributed by atoms with Crippen molar-refractivity contribution in [1.82, 2.24) is 10.2 Å². The molecule has 0 aromatic carbocycles. The number of aromatic nitrogens is 2. The highest BCUT2D eigenvalue weighted by Gasteiger charge is 2.32. The minimum atomic E-state index is -4.44. The molecule has 0 radical (unpaired) electrons. The maximum absolute atomic E-state index is 12.2. The van der Waals surface area contributed by atoms with Crippen LogP contribution in [-0.4, -0.2) is 21.6 Å². The van der Waals surface area contributed by atoms with Crippen molar-refractivity contribution >= 4 is 21.7 Å². The molecule has 0 aliphatic heterocycles. The Balaban J connectivity index is 2.46. The third kappa shape index (κ3) is 4.89. The zero-order chi connectivity index (χ0) is 12.9. The highest BCUT2D eigenvalue weighted by molar-refractivity contribution is 9.09. The molecule has 7 heteroatoms. The van der Waals surface area contributed by atoms with Gasteiger partial charge in [-0.1, -0.05) is 22.9 Å². The van der Waals surface area contributed by atoms with Crippen molar-refractivity contribution < 1.29 is 13.2 Å². The van der Waals surface area contributed by atoms with Crippen LogP contribution in [0.4, 0.5) is 19.0 Å². The van der Waals surface area contributed by atoms with E-state index in [1.54, 1.807) is 0 Å². The van der Waals surface area contributed by atoms with Crippen LogP contribution in [0.1, 0.15) is 25.5 Å². The predicted octanol–water partition coefficient (Wildman–Crippen LogP) is 3.47. The van der Waals surface area contributed by atoms with E-state index >= 15 is 0 Å². The third-order valence-corrected chi connectivity index (χ3v) is 3.27. The molecule has 1 atom stereocenters. The summed E-state index contributed by atoms with van der Waals surface area (Å²) >= 11 is 3.46. The third-order valence-electron chi connectivity index (χ3n) is 2.16. The molecule has 1 aromatic heterocycles. The van der Waals surface area contributed by atoms with Crippen molar-refractivity contribution in [2.75, 3.05) is 11.9 Å². The van der Waals surface area contributed by atoms with Gasteiger partial charge in [0, 0.05) is 11.4 Å². The maximum atomic E-state index is 12.2. The van der Waals surface area contributed by atoms with E-state index < -0.39 is 11.9 Å². The Labute approximate surface area is 106 Å². The molecule has 1 N–H and O–H groups in total. The fourth-order valence-corrected chi connectivity index (χ4v) is 1.37. The van der Waals surface area contributed by atoms with Gasteiger partial charge in [0.05, 0.1) is 0 Å². The molecule has 0 aliphatic rings. The summed E-state index contributed by atoms with van der Waals surface area (Å²) in [5.41, 5.74) is -0.977. The van der Waals surface area contributed by atoms with Gasteiger partial charge in [-0.3, -0.25) is 0 Å². The van der Waals surface area contributed by atoms with Gasteiger partial charge in [0.25, 0.3) is 0 Å². The first-order chi connectivity index (χ1) is 7.93. The Hall–Kier alpha value is -0.850. The quantitative estimate of drug-likeness (QED) is 0.846. The average Bonchev–Trinajstić information content (AvgIpc) is 2.28. The van der Waals surface area contributed by atoms with Crippen LogP contribution in [0.5, 0.6) is 0 Å². The molecular weight excluding hydrogens is 299 g/mol. The first kappa shape index (κ1) is 14.2. The fourth-order valence-electron chi connectivity index (χ4n) is 1.14. The number of nitrogens with one attached hydrogen (secondary N) is 1. The smallest absolute Gasteiger partial charge is 0.369 e. The summed E-state index contributed by atoms with van der Waals surface area (Å²) in [6, 6.07) is 2.20. The van der Waals surface area contributed by atoms with Crippen molar-refractivity contribution in [2.24, 2.45) is 0 Å². The zero-order valence-corrected chi connectivity index (χ0v) is 10.8. The van der Waals surface area contributed by atoms with Crippen LogP contribution in [-0.2, 0) is 6.18 Å². The molecular formula is C10H13BrF3N3. The summed E-state index contributed by atoms with van der Waals surface area (Å²) in [5.74, 6) is 0.355. The second-order valence-electron chi connectivity index (χ2n) is 3.52. The van der Waals surface area contributed by atoms with Crippen LogP contribution in [0.15, 0.2) is 12.1 Å². The summed E-state index contributed by atoms with van der Waals surface area (Å²) in [6.07, 6.45) is -2.56. The number of hydrogen-bond acceptors (Lipinski definition) is 3. The Morgan fingerprint density at radius 2 is 2.06 bits per heavy atom. The second kappa shape index (κ2) is 6.18. The molecule has 0 saturated carbocycles. The summed E-state index contributed by atoms with van der Waals surface area (Å²) < 4.78 is 36.6. The topological polar surface area (TPSA) is 37.8 Å². The van der Waals surface area contributed by atoms with E-state index in [0.29, 0.717) is 17.2 Å². The highest BCUT2D eigenvalue weighted by atomic mass is 79.9. The summed E-state index contributed by atoms with van der Waals surface area (Å²) in [7, 11) is 0. The summed E-state index contributed by atoms with van der Waals surface area (Å²) in [4.78, 5) is 0.400. The van der Waals surface area contributed by atoms with E-state index in [2.05, 4.69) is 38.4 Å². The number of hydrogen-bond donors (Lipinski definition) is 1. The Kier molecular flexibility index (Phi) is 5.17. The monoisotopic (exact) mass is 311 g/mol. The molecule has 0 aliphatic carbocycles. The second-order valence-corrected chi connectivity index (χ2v) is 4.82. The van der Waals surface area contributed by atoms with Crippen LogP contribution >= 0.6 is 15.9 Å². The molecule has 1 heterocycles. The van der Waals surface area contributed by atoms with Crippen LogP contribution in [0, 0.1) is 0 Å². The number of nitrogens with zero attached hydrogens (tertiary/aromatic N) is 2. The molecule has 0 bridgehead atoms. The van der Waals surface area contributed by atoms with Crippen LogP contribution in [0.2, 0.25) is 0 Å². The predicted molar refractivity (Wildman–Crippen MR) is 63.1 cm³/mol. The van der Waals surface area contributed by atoms with Gasteiger partial charge in [-0.25, -0.2) is 0 Å². The number of halogens is 4. The minimum Gasteiger partial charge on any atom is -0.369 e. The van der Waals surface area contributed by atoms with E-state index in [1.807, 2.05) is 0 Å². The van der Waals surface area contributed by atoms with Gasteiger partial charge in [0.1, 0.15) is 5.82 Å². The van der Waals surface area contributed by atoms with E-state index in [0.717, 1.165) is 18.9 Å². The van der Waals surface area contributed by atoms with Crippen molar-refractivity contribution in [1.29, 1.82) is 0 Å². The van der Waals surface area contributed by atoms with Gasteiger partial charge < -0.3 is 5.32 Å². The van der Waals surface area contributed by atoms with E-state index in [1.165, 1.54) is 6.07 Å². The lowest BCUT2D eigenvalue weighted by atomic mass is 10.2. The van der Waals surface area contributed by atoms with Gasteiger partial charge in [-0.2, -0.15) is 13.2 Å². The molecule has 0 spiro atoms. The maximum Gasteiger partial charge on any atom is 0.435 e. The molecule has 17 heavy (non-hydrogen) atoms. The van der Waals surface area contributed by atoms with Gasteiger partial charge in [0.2, 0.25) is 0 Å². The van der Waals surface area contributed by atoms with Gasteiger partial charge in [0.15, 0.2) is 5.69 Å². The van der Waals surface area contributed by atoms with E-state index in [4.69, 9.17) is 0 Å². The lowest BCUT2D eigenvalue weighted by molar-refractivity contribution is -0.141. The molecule has 0 saturated heterocycles. The zero-order valence-electron chi connectivity index (χ0n) is 9.26. The number of rotatable bonds is 5. The van der Waals surface area contributed by atoms with Crippen LogP contribution < -0.4 is 5.32 Å². The first-order valence-corrected chi connectivity index (χ1v) is 6.14. The van der Waals surface area contributed by atoms with Crippen molar-refractivity contribution in [3.05, 3.63) is 17.8 Å².